The van der Waals surface area contributed by atoms with Crippen molar-refractivity contribution in [2.24, 2.45) is 4.99 Å². The highest BCUT2D eigenvalue weighted by Crippen LogP contribution is 2.26. The van der Waals surface area contributed by atoms with E-state index in [2.05, 4.69) is 36.6 Å². The van der Waals surface area contributed by atoms with Gasteiger partial charge in [0, 0.05) is 32.0 Å². The molecular weight excluding hydrogens is 469 g/mol. The summed E-state index contributed by atoms with van der Waals surface area (Å²) in [6.07, 6.45) is 2.50. The summed E-state index contributed by atoms with van der Waals surface area (Å²) in [4.78, 5) is 4.79. The van der Waals surface area contributed by atoms with Gasteiger partial charge in [-0.25, -0.2) is 0 Å². The van der Waals surface area contributed by atoms with Crippen molar-refractivity contribution >= 4 is 29.9 Å². The van der Waals surface area contributed by atoms with Crippen LogP contribution in [-0.2, 0) is 16.6 Å². The predicted octanol–water partition coefficient (Wildman–Crippen LogP) is 3.61. The van der Waals surface area contributed by atoms with Crippen LogP contribution in [0.15, 0.2) is 52.1 Å². The Labute approximate surface area is 185 Å². The summed E-state index contributed by atoms with van der Waals surface area (Å²) >= 11 is 0. The topological polar surface area (TPSA) is 68.0 Å². The second-order valence-electron chi connectivity index (χ2n) is 6.96. The van der Waals surface area contributed by atoms with Crippen molar-refractivity contribution < 1.29 is 13.9 Å². The number of furan rings is 1. The van der Waals surface area contributed by atoms with Gasteiger partial charge in [0.05, 0.1) is 26.5 Å². The molecule has 1 aromatic carbocycles. The van der Waals surface area contributed by atoms with Crippen molar-refractivity contribution in [2.75, 3.05) is 40.5 Å². The smallest absolute Gasteiger partial charge is 0.191 e. The fraction of sp³-hybridized carbons (Fsp3) is 0.476. The highest BCUT2D eigenvalue weighted by atomic mass is 127. The minimum Gasteiger partial charge on any atom is -0.497 e. The summed E-state index contributed by atoms with van der Waals surface area (Å²) in [6.45, 7) is 7.07. The summed E-state index contributed by atoms with van der Waals surface area (Å²) in [7, 11) is 3.37. The van der Waals surface area contributed by atoms with Crippen molar-refractivity contribution in [3.63, 3.8) is 0 Å². The molecule has 0 atom stereocenters. The van der Waals surface area contributed by atoms with Gasteiger partial charge in [0.2, 0.25) is 0 Å². The van der Waals surface area contributed by atoms with Gasteiger partial charge in [-0.2, -0.15) is 0 Å². The number of ether oxygens (including phenoxy) is 2. The number of rotatable bonds is 10. The van der Waals surface area contributed by atoms with E-state index in [0.717, 1.165) is 30.4 Å². The molecule has 6 nitrogen and oxygen atoms in total. The highest BCUT2D eigenvalue weighted by Gasteiger charge is 2.21. The molecule has 0 saturated heterocycles. The lowest BCUT2D eigenvalue weighted by Gasteiger charge is -2.24. The number of nitrogens with zero attached hydrogens (tertiary/aromatic N) is 1. The van der Waals surface area contributed by atoms with Crippen LogP contribution in [0, 0.1) is 0 Å². The van der Waals surface area contributed by atoms with Gasteiger partial charge in [0.25, 0.3) is 0 Å². The van der Waals surface area contributed by atoms with Crippen LogP contribution in [0.2, 0.25) is 0 Å². The Morgan fingerprint density at radius 1 is 1.11 bits per heavy atom. The van der Waals surface area contributed by atoms with E-state index in [9.17, 15) is 0 Å². The lowest BCUT2D eigenvalue weighted by molar-refractivity contribution is 0.203. The van der Waals surface area contributed by atoms with Crippen LogP contribution in [0.1, 0.15) is 25.2 Å². The summed E-state index contributed by atoms with van der Waals surface area (Å²) in [6, 6.07) is 12.0. The van der Waals surface area contributed by atoms with Gasteiger partial charge in [-0.05, 0) is 29.8 Å². The Bertz CT molecular complexity index is 703. The second-order valence-corrected chi connectivity index (χ2v) is 6.96. The Morgan fingerprint density at radius 3 is 2.57 bits per heavy atom. The van der Waals surface area contributed by atoms with Crippen molar-refractivity contribution in [3.05, 3.63) is 54.0 Å². The third-order valence-corrected chi connectivity index (χ3v) is 4.33. The molecule has 0 spiro atoms. The molecule has 2 aromatic rings. The Balaban J connectivity index is 0.00000392. The summed E-state index contributed by atoms with van der Waals surface area (Å²) in [5.74, 6) is 2.59. The first kappa shape index (κ1) is 24.3. The van der Waals surface area contributed by atoms with E-state index in [-0.39, 0.29) is 29.4 Å². The number of aliphatic imine (C=N–C) groups is 1. The monoisotopic (exact) mass is 501 g/mol. The van der Waals surface area contributed by atoms with Crippen LogP contribution in [-0.4, -0.2) is 46.4 Å². The molecule has 7 heteroatoms. The van der Waals surface area contributed by atoms with Gasteiger partial charge in [0.1, 0.15) is 11.5 Å². The Kier molecular flexibility index (Phi) is 11.0. The zero-order valence-corrected chi connectivity index (χ0v) is 19.5. The van der Waals surface area contributed by atoms with Crippen LogP contribution in [0.5, 0.6) is 5.75 Å². The molecule has 0 aliphatic rings. The largest absolute Gasteiger partial charge is 0.497 e. The van der Waals surface area contributed by atoms with Gasteiger partial charge in [-0.3, -0.25) is 4.99 Å². The van der Waals surface area contributed by atoms with E-state index < -0.39 is 0 Å². The van der Waals surface area contributed by atoms with E-state index in [4.69, 9.17) is 18.9 Å². The molecular formula is C21H32IN3O3. The molecule has 2 rings (SSSR count). The molecule has 0 aliphatic heterocycles. The predicted molar refractivity (Wildman–Crippen MR) is 124 cm³/mol. The van der Waals surface area contributed by atoms with Gasteiger partial charge in [-0.15, -0.1) is 24.0 Å². The molecule has 0 unspecified atom stereocenters. The average molecular weight is 501 g/mol. The zero-order valence-electron chi connectivity index (χ0n) is 17.2. The molecule has 0 fully saturated rings. The van der Waals surface area contributed by atoms with Crippen LogP contribution < -0.4 is 15.4 Å². The van der Waals surface area contributed by atoms with Crippen LogP contribution in [0.3, 0.4) is 0 Å². The Morgan fingerprint density at radius 2 is 1.89 bits per heavy atom. The molecule has 0 amide bonds. The first-order chi connectivity index (χ1) is 13.0. The molecule has 0 saturated carbocycles. The summed E-state index contributed by atoms with van der Waals surface area (Å²) in [5.41, 5.74) is 1.07. The third kappa shape index (κ3) is 8.10. The first-order valence-corrected chi connectivity index (χ1v) is 9.23. The molecule has 1 heterocycles. The normalized spacial score (nSPS) is 11.6. The molecule has 2 N–H and O–H groups in total. The van der Waals surface area contributed by atoms with Crippen molar-refractivity contribution in [2.45, 2.75) is 25.7 Å². The number of guanidine groups is 1. The average Bonchev–Trinajstić information content (AvgIpc) is 3.19. The molecule has 156 valence electrons. The summed E-state index contributed by atoms with van der Waals surface area (Å²) in [5, 5.41) is 6.67. The van der Waals surface area contributed by atoms with Crippen LogP contribution in [0.25, 0.3) is 0 Å². The van der Waals surface area contributed by atoms with E-state index >= 15 is 0 Å². The SMILES string of the molecule is COCCNC(=NCC(C)(C)c1cccc(OC)c1)NCCc1ccco1.I. The number of hydrogen-bond donors (Lipinski definition) is 2. The third-order valence-electron chi connectivity index (χ3n) is 4.33. The van der Waals surface area contributed by atoms with Crippen LogP contribution in [0.4, 0.5) is 0 Å². The van der Waals surface area contributed by atoms with E-state index in [1.807, 2.05) is 24.3 Å². The molecule has 0 radical (unpaired) electrons. The molecule has 1 aromatic heterocycles. The Hall–Kier alpha value is -1.74. The van der Waals surface area contributed by atoms with Gasteiger partial charge in [-0.1, -0.05) is 26.0 Å². The molecule has 28 heavy (non-hydrogen) atoms. The quantitative estimate of drug-likeness (QED) is 0.225. The standard InChI is InChI=1S/C21H31N3O3.HI/c1-21(2,17-7-5-8-19(15-17)26-4)16-24-20(23-12-14-25-3)22-11-10-18-9-6-13-27-18;/h5-9,13,15H,10-12,14,16H2,1-4H3,(H2,22,23,24);1H. The lowest BCUT2D eigenvalue weighted by atomic mass is 9.85. The lowest BCUT2D eigenvalue weighted by Crippen LogP contribution is -2.41. The van der Waals surface area contributed by atoms with Crippen molar-refractivity contribution in [3.8, 4) is 5.75 Å². The number of halogens is 1. The van der Waals surface area contributed by atoms with Crippen LogP contribution >= 0.6 is 24.0 Å². The number of nitrogens with one attached hydrogen (secondary N) is 2. The molecule has 0 bridgehead atoms. The fourth-order valence-corrected chi connectivity index (χ4v) is 2.62. The number of hydrogen-bond acceptors (Lipinski definition) is 4. The minimum absolute atomic E-state index is 0. The van der Waals surface area contributed by atoms with Gasteiger partial charge < -0.3 is 24.5 Å². The highest BCUT2D eigenvalue weighted by molar-refractivity contribution is 14.0. The number of methoxy groups -OCH3 is 2. The van der Waals surface area contributed by atoms with E-state index in [1.54, 1.807) is 20.5 Å². The minimum atomic E-state index is -0.120. The zero-order chi connectivity index (χ0) is 19.5. The van der Waals surface area contributed by atoms with Gasteiger partial charge in [0.15, 0.2) is 5.96 Å². The first-order valence-electron chi connectivity index (χ1n) is 9.23. The molecule has 0 aliphatic carbocycles. The van der Waals surface area contributed by atoms with E-state index in [0.29, 0.717) is 19.7 Å². The maximum absolute atomic E-state index is 5.38. The maximum atomic E-state index is 5.38. The van der Waals surface area contributed by atoms with Crippen molar-refractivity contribution in [1.82, 2.24) is 10.6 Å². The second kappa shape index (κ2) is 12.7. The fourth-order valence-electron chi connectivity index (χ4n) is 2.62. The maximum Gasteiger partial charge on any atom is 0.191 e. The summed E-state index contributed by atoms with van der Waals surface area (Å²) < 4.78 is 15.8. The van der Waals surface area contributed by atoms with E-state index in [1.165, 1.54) is 5.56 Å². The van der Waals surface area contributed by atoms with Crippen molar-refractivity contribution in [1.29, 1.82) is 0 Å². The van der Waals surface area contributed by atoms with Gasteiger partial charge >= 0.3 is 0 Å². The number of benzene rings is 1.